The summed E-state index contributed by atoms with van der Waals surface area (Å²) in [5.74, 6) is -1.81. The zero-order valence-corrected chi connectivity index (χ0v) is 9.90. The summed E-state index contributed by atoms with van der Waals surface area (Å²) in [7, 11) is -1.96. The first-order chi connectivity index (χ1) is 7.72. The Morgan fingerprint density at radius 1 is 1.35 bits per heavy atom. The highest BCUT2D eigenvalue weighted by molar-refractivity contribution is 6.58. The quantitative estimate of drug-likeness (QED) is 0.582. The Kier molecular flexibility index (Phi) is 3.90. The molecule has 0 radical (unpaired) electrons. The van der Waals surface area contributed by atoms with Gasteiger partial charge in [-0.05, 0) is 26.8 Å². The van der Waals surface area contributed by atoms with E-state index in [1.54, 1.807) is 20.8 Å². The molecule has 6 heteroatoms. The van der Waals surface area contributed by atoms with Gasteiger partial charge in [-0.15, -0.1) is 0 Å². The Hall–Kier alpha value is -1.40. The summed E-state index contributed by atoms with van der Waals surface area (Å²) in [5, 5.41) is 17.8. The molecule has 17 heavy (non-hydrogen) atoms. The minimum Gasteiger partial charge on any atom is -0.456 e. The van der Waals surface area contributed by atoms with E-state index in [9.17, 15) is 9.18 Å². The Morgan fingerprint density at radius 2 is 1.94 bits per heavy atom. The van der Waals surface area contributed by atoms with E-state index in [0.717, 1.165) is 0 Å². The minimum atomic E-state index is -1.96. The van der Waals surface area contributed by atoms with E-state index in [0.29, 0.717) is 0 Å². The van der Waals surface area contributed by atoms with E-state index in [1.807, 2.05) is 0 Å². The lowest BCUT2D eigenvalue weighted by Gasteiger charge is -2.20. The van der Waals surface area contributed by atoms with E-state index >= 15 is 0 Å². The van der Waals surface area contributed by atoms with Crippen LogP contribution in [-0.2, 0) is 4.74 Å². The fourth-order valence-corrected chi connectivity index (χ4v) is 1.24. The standard InChI is InChI=1S/C11H14BFO4/c1-11(2,3)17-10(14)7-5-4-6-8(9(7)13)12(15)16/h4-6,15-16H,1-3H3. The van der Waals surface area contributed by atoms with Gasteiger partial charge >= 0.3 is 13.1 Å². The summed E-state index contributed by atoms with van der Waals surface area (Å²) in [4.78, 5) is 11.6. The number of halogens is 1. The smallest absolute Gasteiger partial charge is 0.456 e. The van der Waals surface area contributed by atoms with Crippen molar-refractivity contribution in [2.75, 3.05) is 0 Å². The van der Waals surface area contributed by atoms with Gasteiger partial charge in [0, 0.05) is 5.46 Å². The number of carbonyl (C=O) groups is 1. The number of benzene rings is 1. The van der Waals surface area contributed by atoms with Gasteiger partial charge in [0.15, 0.2) is 0 Å². The number of hydrogen-bond donors (Lipinski definition) is 2. The van der Waals surface area contributed by atoms with Crippen LogP contribution >= 0.6 is 0 Å². The van der Waals surface area contributed by atoms with Crippen LogP contribution in [0.5, 0.6) is 0 Å². The number of ether oxygens (including phenoxy) is 1. The van der Waals surface area contributed by atoms with Gasteiger partial charge in [-0.25, -0.2) is 9.18 Å². The Morgan fingerprint density at radius 3 is 2.41 bits per heavy atom. The van der Waals surface area contributed by atoms with Crippen molar-refractivity contribution in [1.29, 1.82) is 0 Å². The molecule has 0 spiro atoms. The third-order valence-corrected chi connectivity index (χ3v) is 1.93. The molecule has 0 atom stereocenters. The van der Waals surface area contributed by atoms with Crippen LogP contribution in [0.25, 0.3) is 0 Å². The predicted octanol–water partition coefficient (Wildman–Crippen LogP) is 0.461. The summed E-state index contributed by atoms with van der Waals surface area (Å²) in [6.45, 7) is 4.98. The van der Waals surface area contributed by atoms with Gasteiger partial charge in [0.2, 0.25) is 0 Å². The average Bonchev–Trinajstić information content (AvgIpc) is 2.14. The van der Waals surface area contributed by atoms with E-state index in [4.69, 9.17) is 14.8 Å². The molecule has 92 valence electrons. The molecule has 0 aliphatic rings. The highest BCUT2D eigenvalue weighted by atomic mass is 19.1. The normalized spacial score (nSPS) is 11.2. The molecule has 0 aromatic heterocycles. The lowest BCUT2D eigenvalue weighted by atomic mass is 9.79. The summed E-state index contributed by atoms with van der Waals surface area (Å²) in [6.07, 6.45) is 0. The number of carbonyl (C=O) groups excluding carboxylic acids is 1. The van der Waals surface area contributed by atoms with E-state index < -0.39 is 24.5 Å². The van der Waals surface area contributed by atoms with Crippen molar-refractivity contribution in [1.82, 2.24) is 0 Å². The maximum atomic E-state index is 13.7. The maximum absolute atomic E-state index is 13.7. The molecular weight excluding hydrogens is 226 g/mol. The zero-order chi connectivity index (χ0) is 13.2. The number of rotatable bonds is 2. The molecule has 0 saturated carbocycles. The van der Waals surface area contributed by atoms with Gasteiger partial charge in [-0.3, -0.25) is 0 Å². The van der Waals surface area contributed by atoms with Gasteiger partial charge < -0.3 is 14.8 Å². The minimum absolute atomic E-state index is 0.314. The molecule has 0 aliphatic carbocycles. The van der Waals surface area contributed by atoms with Crippen LogP contribution in [0, 0.1) is 5.82 Å². The molecule has 0 saturated heterocycles. The maximum Gasteiger partial charge on any atom is 0.491 e. The summed E-state index contributed by atoms with van der Waals surface area (Å²) < 4.78 is 18.7. The van der Waals surface area contributed by atoms with Crippen molar-refractivity contribution in [3.63, 3.8) is 0 Å². The molecule has 0 unspecified atom stereocenters. The molecule has 2 N–H and O–H groups in total. The summed E-state index contributed by atoms with van der Waals surface area (Å²) in [6, 6.07) is 3.78. The van der Waals surface area contributed by atoms with Crippen molar-refractivity contribution in [3.8, 4) is 0 Å². The topological polar surface area (TPSA) is 66.8 Å². The third-order valence-electron chi connectivity index (χ3n) is 1.93. The SMILES string of the molecule is CC(C)(C)OC(=O)c1cccc(B(O)O)c1F. The first kappa shape index (κ1) is 13.7. The second-order valence-electron chi connectivity index (χ2n) is 4.58. The van der Waals surface area contributed by atoms with Gasteiger partial charge in [0.25, 0.3) is 0 Å². The highest BCUT2D eigenvalue weighted by Crippen LogP contribution is 2.13. The molecule has 0 aliphatic heterocycles. The van der Waals surface area contributed by atoms with Crippen molar-refractivity contribution in [2.45, 2.75) is 26.4 Å². The fourth-order valence-electron chi connectivity index (χ4n) is 1.24. The molecule has 0 heterocycles. The molecule has 4 nitrogen and oxygen atoms in total. The van der Waals surface area contributed by atoms with Crippen LogP contribution < -0.4 is 5.46 Å². The van der Waals surface area contributed by atoms with Crippen LogP contribution in [0.15, 0.2) is 18.2 Å². The number of hydrogen-bond acceptors (Lipinski definition) is 4. The molecule has 0 fully saturated rings. The van der Waals surface area contributed by atoms with Crippen LogP contribution in [0.1, 0.15) is 31.1 Å². The lowest BCUT2D eigenvalue weighted by Crippen LogP contribution is -2.34. The summed E-state index contributed by atoms with van der Waals surface area (Å²) in [5.41, 5.74) is -1.41. The van der Waals surface area contributed by atoms with Gasteiger partial charge in [-0.2, -0.15) is 0 Å². The fraction of sp³-hybridized carbons (Fsp3) is 0.364. The largest absolute Gasteiger partial charge is 0.491 e. The first-order valence-corrected chi connectivity index (χ1v) is 5.10. The molecule has 0 amide bonds. The van der Waals surface area contributed by atoms with E-state index in [1.165, 1.54) is 18.2 Å². The van der Waals surface area contributed by atoms with Crippen LogP contribution in [0.2, 0.25) is 0 Å². The van der Waals surface area contributed by atoms with E-state index in [-0.39, 0.29) is 11.0 Å². The second kappa shape index (κ2) is 4.85. The summed E-state index contributed by atoms with van der Waals surface area (Å²) >= 11 is 0. The average molecular weight is 240 g/mol. The molecule has 1 rings (SSSR count). The Balaban J connectivity index is 3.07. The van der Waals surface area contributed by atoms with Crippen LogP contribution in [0.4, 0.5) is 4.39 Å². The Bertz CT molecular complexity index is 426. The molecule has 0 bridgehead atoms. The van der Waals surface area contributed by atoms with E-state index in [2.05, 4.69) is 0 Å². The first-order valence-electron chi connectivity index (χ1n) is 5.10. The second-order valence-corrected chi connectivity index (χ2v) is 4.58. The van der Waals surface area contributed by atoms with Crippen molar-refractivity contribution < 1.29 is 24.0 Å². The van der Waals surface area contributed by atoms with Gasteiger partial charge in [-0.1, -0.05) is 12.1 Å². The van der Waals surface area contributed by atoms with Gasteiger partial charge in [0.1, 0.15) is 11.4 Å². The highest BCUT2D eigenvalue weighted by Gasteiger charge is 2.25. The monoisotopic (exact) mass is 240 g/mol. The number of esters is 1. The van der Waals surface area contributed by atoms with Crippen LogP contribution in [-0.4, -0.2) is 28.7 Å². The van der Waals surface area contributed by atoms with Crippen molar-refractivity contribution in [3.05, 3.63) is 29.6 Å². The van der Waals surface area contributed by atoms with Crippen LogP contribution in [0.3, 0.4) is 0 Å². The molecular formula is C11H14BFO4. The third kappa shape index (κ3) is 3.54. The van der Waals surface area contributed by atoms with Crippen molar-refractivity contribution in [2.24, 2.45) is 0 Å². The zero-order valence-electron chi connectivity index (χ0n) is 9.90. The molecule has 1 aromatic rings. The Labute approximate surface area is 99.2 Å². The molecule has 1 aromatic carbocycles. The lowest BCUT2D eigenvalue weighted by molar-refractivity contribution is 0.00650. The van der Waals surface area contributed by atoms with Gasteiger partial charge in [0.05, 0.1) is 5.56 Å². The predicted molar refractivity (Wildman–Crippen MR) is 61.4 cm³/mol. The van der Waals surface area contributed by atoms with Crippen molar-refractivity contribution >= 4 is 18.6 Å².